The Kier molecular flexibility index (Phi) is 5.92. The van der Waals surface area contributed by atoms with E-state index in [4.69, 9.17) is 0 Å². The van der Waals surface area contributed by atoms with Gasteiger partial charge in [-0.3, -0.25) is 0 Å². The molecule has 5 heteroatoms. The van der Waals surface area contributed by atoms with Gasteiger partial charge in [0.2, 0.25) is 5.82 Å². The van der Waals surface area contributed by atoms with E-state index in [-0.39, 0.29) is 0 Å². The van der Waals surface area contributed by atoms with Crippen molar-refractivity contribution in [1.82, 2.24) is 20.2 Å². The van der Waals surface area contributed by atoms with Crippen molar-refractivity contribution >= 4 is 21.6 Å². The van der Waals surface area contributed by atoms with E-state index >= 15 is 0 Å². The lowest BCUT2D eigenvalue weighted by Crippen LogP contribution is -2.01. The minimum absolute atomic E-state index is 0.658. The van der Waals surface area contributed by atoms with Gasteiger partial charge in [0.25, 0.3) is 0 Å². The van der Waals surface area contributed by atoms with Gasteiger partial charge < -0.3 is 0 Å². The van der Waals surface area contributed by atoms with Crippen LogP contribution in [-0.2, 0) is 0 Å². The molecule has 0 unspecified atom stereocenters. The summed E-state index contributed by atoms with van der Waals surface area (Å²) in [7, 11) is 0. The summed E-state index contributed by atoms with van der Waals surface area (Å²) < 4.78 is 0. The number of nitrogens with zero attached hydrogens (tertiary/aromatic N) is 4. The van der Waals surface area contributed by atoms with Crippen molar-refractivity contribution in [3.05, 3.63) is 35.3 Å². The molecule has 1 aromatic carbocycles. The number of aromatic nitrogens is 4. The Balaban J connectivity index is 2.03. The van der Waals surface area contributed by atoms with Crippen molar-refractivity contribution in [3.63, 3.8) is 0 Å². The minimum Gasteiger partial charge on any atom is -0.134 e. The van der Waals surface area contributed by atoms with Crippen LogP contribution in [0.15, 0.2) is 35.3 Å². The average molecular weight is 335 g/mol. The highest BCUT2D eigenvalue weighted by molar-refractivity contribution is 9.11. The highest BCUT2D eigenvalue weighted by Crippen LogP contribution is 2.17. The summed E-state index contributed by atoms with van der Waals surface area (Å²) in [4.78, 5) is 3.50. The number of hydrogen-bond donors (Lipinski definition) is 0. The molecule has 0 amide bonds. The lowest BCUT2D eigenvalue weighted by molar-refractivity contribution is 0.645. The first-order chi connectivity index (χ1) is 9.85. The van der Waals surface area contributed by atoms with E-state index in [1.54, 1.807) is 4.80 Å². The van der Waals surface area contributed by atoms with Gasteiger partial charge in [-0.15, -0.1) is 15.0 Å². The van der Waals surface area contributed by atoms with Crippen molar-refractivity contribution in [1.29, 1.82) is 0 Å². The Hall–Kier alpha value is -1.49. The molecular formula is C15H19BrN4. The van der Waals surface area contributed by atoms with Gasteiger partial charge in [0, 0.05) is 10.5 Å². The molecule has 0 aliphatic carbocycles. The smallest absolute Gasteiger partial charge is 0.134 e. The van der Waals surface area contributed by atoms with Gasteiger partial charge in [0.05, 0.1) is 5.70 Å². The van der Waals surface area contributed by atoms with Crippen molar-refractivity contribution in [2.75, 3.05) is 0 Å². The summed E-state index contributed by atoms with van der Waals surface area (Å²) in [5.41, 5.74) is 2.02. The number of allylic oxidation sites excluding steroid dienone is 1. The monoisotopic (exact) mass is 334 g/mol. The third-order valence-corrected chi connectivity index (χ3v) is 3.64. The van der Waals surface area contributed by atoms with Crippen LogP contribution < -0.4 is 0 Å². The van der Waals surface area contributed by atoms with Gasteiger partial charge in [0.1, 0.15) is 0 Å². The van der Waals surface area contributed by atoms with Crippen LogP contribution in [0.1, 0.15) is 39.0 Å². The molecule has 2 aromatic rings. The number of halogens is 1. The van der Waals surface area contributed by atoms with E-state index in [1.807, 2.05) is 35.3 Å². The Morgan fingerprint density at radius 2 is 2.00 bits per heavy atom. The van der Waals surface area contributed by atoms with E-state index in [0.29, 0.717) is 5.82 Å². The van der Waals surface area contributed by atoms with E-state index in [1.165, 1.54) is 19.3 Å². The van der Waals surface area contributed by atoms with Crippen molar-refractivity contribution in [2.24, 2.45) is 0 Å². The Morgan fingerprint density at radius 3 is 2.70 bits per heavy atom. The maximum Gasteiger partial charge on any atom is 0.205 e. The molecule has 0 aliphatic rings. The quantitative estimate of drug-likeness (QED) is 0.700. The number of benzene rings is 1. The van der Waals surface area contributed by atoms with Gasteiger partial charge in [-0.2, -0.15) is 0 Å². The normalized spacial score (nSPS) is 11.8. The first kappa shape index (κ1) is 14.9. The van der Waals surface area contributed by atoms with Crippen LogP contribution >= 0.6 is 15.9 Å². The molecule has 0 spiro atoms. The predicted molar refractivity (Wildman–Crippen MR) is 85.2 cm³/mol. The lowest BCUT2D eigenvalue weighted by atomic mass is 10.1. The third-order valence-electron chi connectivity index (χ3n) is 3.11. The van der Waals surface area contributed by atoms with Crippen LogP contribution in [0.3, 0.4) is 0 Å². The standard InChI is InChI=1S/C15H19BrN4/c1-2-3-4-8-11-14(12-16)20-18-15(17-19-20)13-9-6-5-7-10-13/h5-7,9-10,12H,2-4,8,11H2,1H3/b14-12-. The second kappa shape index (κ2) is 7.94. The number of unbranched alkanes of at least 4 members (excludes halogenated alkanes) is 3. The molecule has 0 N–H and O–H groups in total. The molecule has 4 nitrogen and oxygen atoms in total. The van der Waals surface area contributed by atoms with Crippen LogP contribution in [-0.4, -0.2) is 20.2 Å². The van der Waals surface area contributed by atoms with E-state index < -0.39 is 0 Å². The van der Waals surface area contributed by atoms with Crippen LogP contribution in [0.2, 0.25) is 0 Å². The fourth-order valence-electron chi connectivity index (χ4n) is 1.97. The van der Waals surface area contributed by atoms with Crippen molar-refractivity contribution < 1.29 is 0 Å². The van der Waals surface area contributed by atoms with Gasteiger partial charge in [-0.05, 0) is 18.1 Å². The maximum absolute atomic E-state index is 4.45. The topological polar surface area (TPSA) is 43.6 Å². The summed E-state index contributed by atoms with van der Waals surface area (Å²) in [6.45, 7) is 2.21. The summed E-state index contributed by atoms with van der Waals surface area (Å²) >= 11 is 3.40. The zero-order valence-corrected chi connectivity index (χ0v) is 13.3. The van der Waals surface area contributed by atoms with Gasteiger partial charge >= 0.3 is 0 Å². The minimum atomic E-state index is 0.658. The van der Waals surface area contributed by atoms with Crippen molar-refractivity contribution in [3.8, 4) is 11.4 Å². The van der Waals surface area contributed by atoms with Gasteiger partial charge in [-0.1, -0.05) is 72.4 Å². The van der Waals surface area contributed by atoms with Crippen LogP contribution in [0.5, 0.6) is 0 Å². The predicted octanol–water partition coefficient (Wildman–Crippen LogP) is 4.50. The third kappa shape index (κ3) is 4.00. The fraction of sp³-hybridized carbons (Fsp3) is 0.400. The van der Waals surface area contributed by atoms with E-state index in [9.17, 15) is 0 Å². The molecule has 2 rings (SSSR count). The molecule has 106 valence electrons. The van der Waals surface area contributed by atoms with Crippen LogP contribution in [0.4, 0.5) is 0 Å². The fourth-order valence-corrected chi connectivity index (χ4v) is 2.38. The molecule has 1 aromatic heterocycles. The molecule has 20 heavy (non-hydrogen) atoms. The largest absolute Gasteiger partial charge is 0.205 e. The number of tetrazole rings is 1. The van der Waals surface area contributed by atoms with Gasteiger partial charge in [0.15, 0.2) is 0 Å². The average Bonchev–Trinajstić information content (AvgIpc) is 2.98. The second-order valence-corrected chi connectivity index (χ2v) is 5.14. The molecule has 0 atom stereocenters. The van der Waals surface area contributed by atoms with Gasteiger partial charge in [-0.25, -0.2) is 0 Å². The summed E-state index contributed by atoms with van der Waals surface area (Å²) in [6, 6.07) is 9.90. The maximum atomic E-state index is 4.45. The zero-order valence-electron chi connectivity index (χ0n) is 11.7. The highest BCUT2D eigenvalue weighted by Gasteiger charge is 2.08. The molecule has 0 saturated carbocycles. The first-order valence-electron chi connectivity index (χ1n) is 7.00. The second-order valence-electron chi connectivity index (χ2n) is 4.68. The summed E-state index contributed by atoms with van der Waals surface area (Å²) in [5, 5.41) is 12.7. The molecule has 0 bridgehead atoms. The SMILES string of the molecule is CCCCCC/C(=C/Br)n1nnc(-c2ccccc2)n1. The number of hydrogen-bond acceptors (Lipinski definition) is 3. The Morgan fingerprint density at radius 1 is 1.20 bits per heavy atom. The Bertz CT molecular complexity index is 548. The molecule has 0 saturated heterocycles. The van der Waals surface area contributed by atoms with E-state index in [0.717, 1.165) is 24.1 Å². The molecular weight excluding hydrogens is 316 g/mol. The van der Waals surface area contributed by atoms with Crippen LogP contribution in [0.25, 0.3) is 17.1 Å². The molecule has 0 fully saturated rings. The van der Waals surface area contributed by atoms with Crippen molar-refractivity contribution in [2.45, 2.75) is 39.0 Å². The Labute approximate surface area is 128 Å². The summed E-state index contributed by atoms with van der Waals surface area (Å²) in [6.07, 6.45) is 5.85. The van der Waals surface area contributed by atoms with Crippen LogP contribution in [0, 0.1) is 0 Å². The molecule has 1 heterocycles. The molecule has 0 aliphatic heterocycles. The van der Waals surface area contributed by atoms with E-state index in [2.05, 4.69) is 38.3 Å². The first-order valence-corrected chi connectivity index (χ1v) is 7.91. The lowest BCUT2D eigenvalue weighted by Gasteiger charge is -2.03. The number of rotatable bonds is 7. The highest BCUT2D eigenvalue weighted by atomic mass is 79.9. The zero-order chi connectivity index (χ0) is 14.2. The summed E-state index contributed by atoms with van der Waals surface area (Å²) in [5.74, 6) is 0.658. The molecule has 0 radical (unpaired) electrons.